The second-order valence-electron chi connectivity index (χ2n) is 7.45. The second-order valence-corrected chi connectivity index (χ2v) is 8.48. The highest BCUT2D eigenvalue weighted by molar-refractivity contribution is 7.20. The van der Waals surface area contributed by atoms with Gasteiger partial charge in [0, 0.05) is 17.3 Å². The summed E-state index contributed by atoms with van der Waals surface area (Å²) < 4.78 is 1.08. The van der Waals surface area contributed by atoms with Crippen LogP contribution in [-0.2, 0) is 16.8 Å². The van der Waals surface area contributed by atoms with Crippen LogP contribution in [0.5, 0.6) is 5.06 Å². The summed E-state index contributed by atoms with van der Waals surface area (Å²) in [6.45, 7) is 1.95. The van der Waals surface area contributed by atoms with Gasteiger partial charge in [0.25, 0.3) is 0 Å². The minimum absolute atomic E-state index is 0.0304. The SMILES string of the molecule is CN1C(=O)C[C@@](C)(c2ccc3sc(O)c(CCC4CC4)c3c2)N=C1N. The number of hydrogen-bond donors (Lipinski definition) is 2. The molecule has 4 rings (SSSR count). The zero-order valence-corrected chi connectivity index (χ0v) is 15.4. The summed E-state index contributed by atoms with van der Waals surface area (Å²) in [5.74, 6) is 1.05. The lowest BCUT2D eigenvalue weighted by Gasteiger charge is -2.33. The molecule has 1 fully saturated rings. The molecule has 5 nitrogen and oxygen atoms in total. The van der Waals surface area contributed by atoms with Gasteiger partial charge in [-0.25, -0.2) is 4.99 Å². The maximum absolute atomic E-state index is 12.2. The minimum Gasteiger partial charge on any atom is -0.499 e. The monoisotopic (exact) mass is 357 g/mol. The normalized spacial score (nSPS) is 24.0. The fourth-order valence-electron chi connectivity index (χ4n) is 3.54. The van der Waals surface area contributed by atoms with Gasteiger partial charge in [0.05, 0.1) is 12.0 Å². The van der Waals surface area contributed by atoms with Crippen molar-refractivity contribution >= 4 is 33.3 Å². The van der Waals surface area contributed by atoms with E-state index in [1.807, 2.05) is 19.1 Å². The third kappa shape index (κ3) is 2.88. The number of nitrogens with two attached hydrogens (primary N) is 1. The van der Waals surface area contributed by atoms with E-state index in [-0.39, 0.29) is 11.9 Å². The van der Waals surface area contributed by atoms with Crippen LogP contribution in [0.25, 0.3) is 10.1 Å². The second kappa shape index (κ2) is 5.73. The molecule has 1 aromatic carbocycles. The molecule has 1 saturated carbocycles. The molecule has 1 atom stereocenters. The summed E-state index contributed by atoms with van der Waals surface area (Å²) in [5, 5.41) is 11.9. The summed E-state index contributed by atoms with van der Waals surface area (Å²) in [6, 6.07) is 6.11. The Labute approximate surface area is 151 Å². The third-order valence-electron chi connectivity index (χ3n) is 5.47. The van der Waals surface area contributed by atoms with Crippen molar-refractivity contribution < 1.29 is 9.90 Å². The van der Waals surface area contributed by atoms with Crippen molar-refractivity contribution in [2.45, 2.75) is 44.6 Å². The maximum atomic E-state index is 12.2. The number of fused-ring (bicyclic) bond motifs is 1. The number of hydrogen-bond acceptors (Lipinski definition) is 5. The van der Waals surface area contributed by atoms with E-state index in [4.69, 9.17) is 5.73 Å². The van der Waals surface area contributed by atoms with Crippen molar-refractivity contribution in [2.75, 3.05) is 7.05 Å². The maximum Gasteiger partial charge on any atom is 0.231 e. The molecule has 3 N–H and O–H groups in total. The smallest absolute Gasteiger partial charge is 0.231 e. The first-order chi connectivity index (χ1) is 11.9. The lowest BCUT2D eigenvalue weighted by molar-refractivity contribution is -0.128. The van der Waals surface area contributed by atoms with Gasteiger partial charge in [0.15, 0.2) is 11.0 Å². The van der Waals surface area contributed by atoms with Gasteiger partial charge in [-0.1, -0.05) is 30.2 Å². The predicted molar refractivity (Wildman–Crippen MR) is 101 cm³/mol. The van der Waals surface area contributed by atoms with Crippen molar-refractivity contribution in [1.82, 2.24) is 4.90 Å². The molecule has 1 aromatic heterocycles. The first-order valence-electron chi connectivity index (χ1n) is 8.74. The molecule has 1 aliphatic heterocycles. The Bertz CT molecular complexity index is 884. The van der Waals surface area contributed by atoms with Crippen LogP contribution < -0.4 is 5.73 Å². The van der Waals surface area contributed by atoms with Crippen LogP contribution in [-0.4, -0.2) is 28.9 Å². The lowest BCUT2D eigenvalue weighted by atomic mass is 9.86. The van der Waals surface area contributed by atoms with E-state index in [2.05, 4.69) is 11.1 Å². The Kier molecular flexibility index (Phi) is 3.76. The summed E-state index contributed by atoms with van der Waals surface area (Å²) in [7, 11) is 1.65. The van der Waals surface area contributed by atoms with Crippen LogP contribution in [0.15, 0.2) is 23.2 Å². The molecule has 2 heterocycles. The van der Waals surface area contributed by atoms with Gasteiger partial charge < -0.3 is 10.8 Å². The van der Waals surface area contributed by atoms with E-state index < -0.39 is 5.54 Å². The first kappa shape index (κ1) is 16.4. The van der Waals surface area contributed by atoms with Crippen molar-refractivity contribution in [1.29, 1.82) is 0 Å². The Balaban J connectivity index is 1.75. The highest BCUT2D eigenvalue weighted by Crippen LogP contribution is 2.43. The number of guanidine groups is 1. The molecule has 1 aliphatic carbocycles. The van der Waals surface area contributed by atoms with Crippen LogP contribution in [0.2, 0.25) is 0 Å². The summed E-state index contributed by atoms with van der Waals surface area (Å²) in [5.41, 5.74) is 7.28. The molecule has 0 unspecified atom stereocenters. The number of thiophene rings is 1. The molecule has 0 spiro atoms. The molecule has 25 heavy (non-hydrogen) atoms. The number of carbonyl (C=O) groups is 1. The van der Waals surface area contributed by atoms with E-state index in [0.717, 1.165) is 40.0 Å². The van der Waals surface area contributed by atoms with E-state index in [9.17, 15) is 9.90 Å². The van der Waals surface area contributed by atoms with Crippen molar-refractivity contribution in [3.8, 4) is 5.06 Å². The van der Waals surface area contributed by atoms with Crippen LogP contribution in [0.4, 0.5) is 0 Å². The van der Waals surface area contributed by atoms with Gasteiger partial charge in [-0.3, -0.25) is 9.69 Å². The van der Waals surface area contributed by atoms with Gasteiger partial charge in [0.2, 0.25) is 5.91 Å². The zero-order chi connectivity index (χ0) is 17.8. The van der Waals surface area contributed by atoms with E-state index >= 15 is 0 Å². The molecule has 2 aliphatic rings. The summed E-state index contributed by atoms with van der Waals surface area (Å²) in [4.78, 5) is 18.2. The predicted octanol–water partition coefficient (Wildman–Crippen LogP) is 3.34. The van der Waals surface area contributed by atoms with Crippen LogP contribution in [0, 0.1) is 5.92 Å². The Morgan fingerprint density at radius 2 is 2.20 bits per heavy atom. The first-order valence-corrected chi connectivity index (χ1v) is 9.56. The van der Waals surface area contributed by atoms with Gasteiger partial charge in [-0.05, 0) is 48.8 Å². The van der Waals surface area contributed by atoms with Crippen molar-refractivity contribution in [3.63, 3.8) is 0 Å². The Hall–Kier alpha value is -2.08. The van der Waals surface area contributed by atoms with Crippen LogP contribution >= 0.6 is 11.3 Å². The van der Waals surface area contributed by atoms with E-state index in [1.165, 1.54) is 29.1 Å². The zero-order valence-electron chi connectivity index (χ0n) is 14.6. The quantitative estimate of drug-likeness (QED) is 0.881. The summed E-state index contributed by atoms with van der Waals surface area (Å²) >= 11 is 1.43. The standard InChI is InChI=1S/C19H23N3O2S/c1-19(10-16(23)22(2)18(20)21-19)12-6-8-15-14(9-12)13(17(24)25-15)7-5-11-3-4-11/h6,8-9,11,24H,3-5,7,10H2,1-2H3,(H2,20,21)/t19-/m0/s1. The molecule has 1 amide bonds. The molecular formula is C19H23N3O2S. The van der Waals surface area contributed by atoms with Gasteiger partial charge in [-0.15, -0.1) is 0 Å². The number of benzene rings is 1. The average molecular weight is 357 g/mol. The largest absolute Gasteiger partial charge is 0.499 e. The van der Waals surface area contributed by atoms with Gasteiger partial charge >= 0.3 is 0 Å². The van der Waals surface area contributed by atoms with Crippen molar-refractivity contribution in [2.24, 2.45) is 16.6 Å². The molecule has 132 valence electrons. The topological polar surface area (TPSA) is 78.9 Å². The van der Waals surface area contributed by atoms with Crippen LogP contribution in [0.1, 0.15) is 43.7 Å². The molecule has 0 bridgehead atoms. The molecule has 0 radical (unpaired) electrons. The van der Waals surface area contributed by atoms with Crippen LogP contribution in [0.3, 0.4) is 0 Å². The van der Waals surface area contributed by atoms with Gasteiger partial charge in [-0.2, -0.15) is 0 Å². The Morgan fingerprint density at radius 3 is 2.88 bits per heavy atom. The number of aliphatic imine (C=N–C) groups is 1. The number of aromatic hydroxyl groups is 1. The molecule has 6 heteroatoms. The molecule has 0 saturated heterocycles. The van der Waals surface area contributed by atoms with E-state index in [1.54, 1.807) is 7.05 Å². The number of aryl methyl sites for hydroxylation is 1. The number of nitrogens with zero attached hydrogens (tertiary/aromatic N) is 2. The van der Waals surface area contributed by atoms with E-state index in [0.29, 0.717) is 11.5 Å². The third-order valence-corrected chi connectivity index (χ3v) is 6.48. The minimum atomic E-state index is -0.660. The fourth-order valence-corrected chi connectivity index (χ4v) is 4.51. The summed E-state index contributed by atoms with van der Waals surface area (Å²) in [6.07, 6.45) is 4.97. The number of carbonyl (C=O) groups excluding carboxylic acids is 1. The number of amides is 1. The molecule has 2 aromatic rings. The van der Waals surface area contributed by atoms with Gasteiger partial charge in [0.1, 0.15) is 0 Å². The lowest BCUT2D eigenvalue weighted by Crippen LogP contribution is -2.47. The Morgan fingerprint density at radius 1 is 1.44 bits per heavy atom. The highest BCUT2D eigenvalue weighted by atomic mass is 32.1. The highest BCUT2D eigenvalue weighted by Gasteiger charge is 2.36. The average Bonchev–Trinajstić information content (AvgIpc) is 3.33. The molecular weight excluding hydrogens is 334 g/mol. The van der Waals surface area contributed by atoms with Crippen molar-refractivity contribution in [3.05, 3.63) is 29.3 Å². The fraction of sp³-hybridized carbons (Fsp3) is 0.474. The number of rotatable bonds is 4.